The van der Waals surface area contributed by atoms with Crippen molar-refractivity contribution in [1.82, 2.24) is 9.88 Å². The highest BCUT2D eigenvalue weighted by Gasteiger charge is 2.58. The molecule has 0 spiro atoms. The summed E-state index contributed by atoms with van der Waals surface area (Å²) in [5.41, 5.74) is -1.42. The van der Waals surface area contributed by atoms with E-state index in [9.17, 15) is 23.1 Å². The van der Waals surface area contributed by atoms with Crippen LogP contribution in [-0.4, -0.2) is 59.2 Å². The van der Waals surface area contributed by atoms with Gasteiger partial charge in [-0.05, 0) is 57.4 Å². The number of rotatable bonds is 5. The number of anilines is 1. The molecule has 7 nitrogen and oxygen atoms in total. The van der Waals surface area contributed by atoms with Crippen LogP contribution in [0.25, 0.3) is 0 Å². The Kier molecular flexibility index (Phi) is 6.61. The Labute approximate surface area is 208 Å². The molecule has 0 aliphatic carbocycles. The van der Waals surface area contributed by atoms with Gasteiger partial charge in [0.15, 0.2) is 0 Å². The first kappa shape index (κ1) is 26.1. The average molecular weight is 508 g/mol. The van der Waals surface area contributed by atoms with Crippen molar-refractivity contribution in [2.24, 2.45) is 5.41 Å². The van der Waals surface area contributed by atoms with Crippen LogP contribution in [-0.2, 0) is 10.3 Å². The zero-order valence-electron chi connectivity index (χ0n) is 20.9. The molecule has 2 aliphatic rings. The summed E-state index contributed by atoms with van der Waals surface area (Å²) in [5.74, 6) is -0.383. The lowest BCUT2D eigenvalue weighted by atomic mass is 9.62. The van der Waals surface area contributed by atoms with Gasteiger partial charge in [0.1, 0.15) is 17.0 Å². The summed E-state index contributed by atoms with van der Waals surface area (Å²) in [6.07, 6.45) is 0.141. The number of likely N-dealkylation sites (tertiary alicyclic amines) is 1. The zero-order chi connectivity index (χ0) is 26.4. The van der Waals surface area contributed by atoms with Gasteiger partial charge in [0, 0.05) is 43.4 Å². The van der Waals surface area contributed by atoms with E-state index in [4.69, 9.17) is 4.74 Å². The van der Waals surface area contributed by atoms with Crippen molar-refractivity contribution in [3.05, 3.63) is 53.9 Å². The maximum Gasteiger partial charge on any atom is 0.573 e. The molecule has 2 aromatic rings. The van der Waals surface area contributed by atoms with Crippen LogP contribution in [0.15, 0.2) is 42.7 Å². The summed E-state index contributed by atoms with van der Waals surface area (Å²) >= 11 is 0. The number of halogens is 3. The van der Waals surface area contributed by atoms with Crippen LogP contribution in [0.4, 0.5) is 23.7 Å². The fourth-order valence-electron chi connectivity index (χ4n) is 5.02. The molecule has 196 valence electrons. The highest BCUT2D eigenvalue weighted by molar-refractivity contribution is 5.70. The van der Waals surface area contributed by atoms with Gasteiger partial charge >= 0.3 is 12.5 Å². The highest BCUT2D eigenvalue weighted by Crippen LogP contribution is 2.51. The molecule has 1 N–H and O–H groups in total. The molecule has 1 amide bonds. The molecule has 2 aliphatic heterocycles. The van der Waals surface area contributed by atoms with Crippen LogP contribution in [0.3, 0.4) is 0 Å². The highest BCUT2D eigenvalue weighted by atomic mass is 19.4. The number of carbonyl (C=O) groups excluding carboxylic acids is 1. The third-order valence-electron chi connectivity index (χ3n) is 6.72. The third-order valence-corrected chi connectivity index (χ3v) is 6.72. The van der Waals surface area contributed by atoms with E-state index in [-0.39, 0.29) is 18.8 Å². The standard InChI is InChI=1S/C26H32F3N3O4/c1-23(2,3)36-22(33)32-16-24(4,17-32)25(34,18-7-9-21(10-8-18)35-26(27,28)29)19-13-20(15-30-14-19)31-11-5-6-12-31/h7-10,13-15,34H,5-6,11-12,16-17H2,1-4H3/t25-/m0/s1. The minimum absolute atomic E-state index is 0.188. The van der Waals surface area contributed by atoms with Gasteiger partial charge in [-0.3, -0.25) is 4.98 Å². The van der Waals surface area contributed by atoms with Gasteiger partial charge in [0.05, 0.1) is 11.9 Å². The number of nitrogens with zero attached hydrogens (tertiary/aromatic N) is 3. The first-order chi connectivity index (χ1) is 16.7. The van der Waals surface area contributed by atoms with E-state index in [2.05, 4.69) is 14.6 Å². The Bertz CT molecular complexity index is 1090. The van der Waals surface area contributed by atoms with Crippen molar-refractivity contribution >= 4 is 11.8 Å². The van der Waals surface area contributed by atoms with Gasteiger partial charge < -0.3 is 24.4 Å². The molecule has 4 rings (SSSR count). The number of carbonyl (C=O) groups is 1. The third kappa shape index (κ3) is 5.23. The SMILES string of the molecule is CC(C)(C)OC(=O)N1CC(C)([C@](O)(c2ccc(OC(F)(F)F)cc2)c2cncc(N3CCCC3)c2)C1. The molecule has 10 heteroatoms. The van der Waals surface area contributed by atoms with Crippen LogP contribution < -0.4 is 9.64 Å². The lowest BCUT2D eigenvalue weighted by molar-refractivity contribution is -0.274. The Balaban J connectivity index is 1.70. The number of hydrogen-bond acceptors (Lipinski definition) is 6. The zero-order valence-corrected chi connectivity index (χ0v) is 20.9. The van der Waals surface area contributed by atoms with Crippen molar-refractivity contribution in [3.8, 4) is 5.75 Å². The lowest BCUT2D eigenvalue weighted by Gasteiger charge is -2.56. The molecule has 2 fully saturated rings. The number of ether oxygens (including phenoxy) is 2. The first-order valence-corrected chi connectivity index (χ1v) is 12.0. The van der Waals surface area contributed by atoms with Gasteiger partial charge in [-0.15, -0.1) is 13.2 Å². The van der Waals surface area contributed by atoms with Crippen molar-refractivity contribution in [2.75, 3.05) is 31.1 Å². The molecule has 1 aromatic heterocycles. The molecular weight excluding hydrogens is 475 g/mol. The number of alkyl halides is 3. The van der Waals surface area contributed by atoms with Gasteiger partial charge in [-0.1, -0.05) is 19.1 Å². The smallest absolute Gasteiger partial charge is 0.444 e. The Morgan fingerprint density at radius 1 is 1.03 bits per heavy atom. The fourth-order valence-corrected chi connectivity index (χ4v) is 5.02. The van der Waals surface area contributed by atoms with Crippen LogP contribution in [0, 0.1) is 5.41 Å². The van der Waals surface area contributed by atoms with Gasteiger partial charge in [-0.2, -0.15) is 0 Å². The number of hydrogen-bond donors (Lipinski definition) is 1. The van der Waals surface area contributed by atoms with E-state index in [1.54, 1.807) is 33.2 Å². The molecule has 0 bridgehead atoms. The van der Waals surface area contributed by atoms with Crippen molar-refractivity contribution in [3.63, 3.8) is 0 Å². The fraction of sp³-hybridized carbons (Fsp3) is 0.538. The van der Waals surface area contributed by atoms with Crippen molar-refractivity contribution in [1.29, 1.82) is 0 Å². The molecule has 1 atom stereocenters. The molecular formula is C26H32F3N3O4. The number of aromatic nitrogens is 1. The number of aliphatic hydroxyl groups is 1. The molecule has 0 saturated carbocycles. The second kappa shape index (κ2) is 9.14. The van der Waals surface area contributed by atoms with Crippen LogP contribution >= 0.6 is 0 Å². The van der Waals surface area contributed by atoms with Crippen molar-refractivity contribution < 1.29 is 32.5 Å². The maximum absolute atomic E-state index is 12.7. The Morgan fingerprint density at radius 2 is 1.64 bits per heavy atom. The van der Waals surface area contributed by atoms with Gasteiger partial charge in [-0.25, -0.2) is 4.79 Å². The number of benzene rings is 1. The molecule has 3 heterocycles. The van der Waals surface area contributed by atoms with E-state index in [0.29, 0.717) is 11.1 Å². The summed E-state index contributed by atoms with van der Waals surface area (Å²) in [7, 11) is 0. The largest absolute Gasteiger partial charge is 0.573 e. The minimum atomic E-state index is -4.82. The lowest BCUT2D eigenvalue weighted by Crippen LogP contribution is -2.66. The van der Waals surface area contributed by atoms with Gasteiger partial charge in [0.25, 0.3) is 0 Å². The first-order valence-electron chi connectivity index (χ1n) is 12.0. The molecule has 1 aromatic carbocycles. The predicted molar refractivity (Wildman–Crippen MR) is 128 cm³/mol. The minimum Gasteiger partial charge on any atom is -0.444 e. The topological polar surface area (TPSA) is 75.1 Å². The van der Waals surface area contributed by atoms with Crippen LogP contribution in [0.5, 0.6) is 5.75 Å². The summed E-state index contributed by atoms with van der Waals surface area (Å²) in [6, 6.07) is 7.08. The van der Waals surface area contributed by atoms with Gasteiger partial charge in [0.2, 0.25) is 0 Å². The van der Waals surface area contributed by atoms with E-state index >= 15 is 0 Å². The summed E-state index contributed by atoms with van der Waals surface area (Å²) in [6.45, 7) is 9.32. The van der Waals surface area contributed by atoms with E-state index < -0.39 is 29.1 Å². The maximum atomic E-state index is 12.7. The quantitative estimate of drug-likeness (QED) is 0.609. The molecule has 0 unspecified atom stereocenters. The second-order valence-electron chi connectivity index (χ2n) is 10.8. The Hall–Kier alpha value is -3.01. The normalized spacial score (nSPS) is 19.4. The second-order valence-corrected chi connectivity index (χ2v) is 10.8. The van der Waals surface area contributed by atoms with Crippen molar-refractivity contribution in [2.45, 2.75) is 58.1 Å². The van der Waals surface area contributed by atoms with E-state index in [1.165, 1.54) is 29.2 Å². The predicted octanol–water partition coefficient (Wildman–Crippen LogP) is 5.07. The number of amides is 1. The molecule has 2 saturated heterocycles. The summed E-state index contributed by atoms with van der Waals surface area (Å²) in [5, 5.41) is 12.4. The summed E-state index contributed by atoms with van der Waals surface area (Å²) < 4.78 is 47.5. The molecule has 0 radical (unpaired) electrons. The number of pyridine rings is 1. The Morgan fingerprint density at radius 3 is 2.19 bits per heavy atom. The van der Waals surface area contributed by atoms with E-state index in [1.807, 2.05) is 13.0 Å². The van der Waals surface area contributed by atoms with Crippen LogP contribution in [0.2, 0.25) is 0 Å². The summed E-state index contributed by atoms with van der Waals surface area (Å²) in [4.78, 5) is 20.7. The van der Waals surface area contributed by atoms with E-state index in [0.717, 1.165) is 31.6 Å². The molecule has 36 heavy (non-hydrogen) atoms. The van der Waals surface area contributed by atoms with Crippen LogP contribution in [0.1, 0.15) is 51.7 Å². The average Bonchev–Trinajstić information content (AvgIpc) is 3.29. The monoisotopic (exact) mass is 507 g/mol.